The molecule has 0 aromatic rings. The van der Waals surface area contributed by atoms with Crippen LogP contribution in [0.25, 0.3) is 0 Å². The molecule has 0 bridgehead atoms. The van der Waals surface area contributed by atoms with E-state index >= 15 is 0 Å². The van der Waals surface area contributed by atoms with Crippen LogP contribution in [0.4, 0.5) is 0 Å². The largest absolute Gasteiger partial charge is 0.364 e. The van der Waals surface area contributed by atoms with E-state index in [-0.39, 0.29) is 0 Å². The highest BCUT2D eigenvalue weighted by molar-refractivity contribution is 6.35. The Balaban J connectivity index is 2.60. The Morgan fingerprint density at radius 2 is 1.67 bits per heavy atom. The first kappa shape index (κ1) is 9.77. The average Bonchev–Trinajstić information content (AvgIpc) is 1.89. The fourth-order valence-corrected chi connectivity index (χ4v) is 2.59. The van der Waals surface area contributed by atoms with Gasteiger partial charge in [-0.05, 0) is 0 Å². The topological polar surface area (TPSA) is 0 Å². The Hall–Kier alpha value is 0.766. The molecule has 0 N–H and O–H groups in total. The molecule has 0 nitrogen and oxygen atoms in total. The molecule has 0 radical (unpaired) electrons. The van der Waals surface area contributed by atoms with Gasteiger partial charge in [0.25, 0.3) is 0 Å². The van der Waals surface area contributed by atoms with Crippen LogP contribution in [0.1, 0.15) is 39.5 Å². The molecule has 0 unspecified atom stereocenters. The first-order chi connectivity index (χ1) is 4.41. The van der Waals surface area contributed by atoms with Crippen molar-refractivity contribution in [2.45, 2.75) is 48.6 Å². The molecule has 1 heteroatoms. The quantitative estimate of drug-likeness (QED) is 0.391. The molecule has 0 saturated carbocycles. The monoisotopic (exact) mass is 138 g/mol. The molecule has 0 rings (SSSR count). The molecule has 0 aromatic carbocycles. The Morgan fingerprint density at radius 1 is 0.889 bits per heavy atom. The zero-order valence-electron chi connectivity index (χ0n) is 6.95. The van der Waals surface area contributed by atoms with Crippen LogP contribution in [0.5, 0.6) is 0 Å². The van der Waals surface area contributed by atoms with Gasteiger partial charge in [-0.3, -0.25) is 0 Å². The van der Waals surface area contributed by atoms with Gasteiger partial charge in [0.15, 0.2) is 0 Å². The zero-order chi connectivity index (χ0) is 6.95. The molecule has 0 aliphatic rings. The summed E-state index contributed by atoms with van der Waals surface area (Å²) in [6.45, 7) is 4.58. The summed E-state index contributed by atoms with van der Waals surface area (Å²) in [4.78, 5) is 0. The van der Waals surface area contributed by atoms with Crippen molar-refractivity contribution in [3.05, 3.63) is 0 Å². The normalized spacial score (nSPS) is 9.11. The zero-order valence-corrected chi connectivity index (χ0v) is 8.36. The lowest BCUT2D eigenvalue weighted by Crippen LogP contribution is -1.86. The fraction of sp³-hybridized carbons (Fsp3) is 1.00. The average molecular weight is 139 g/mol. The third-order valence-corrected chi connectivity index (χ3v) is 3.91. The predicted molar refractivity (Wildman–Crippen MR) is 45.2 cm³/mol. The molecular weight excluding hydrogens is 120 g/mol. The predicted octanol–water partition coefficient (Wildman–Crippen LogP) is 3.13. The van der Waals surface area contributed by atoms with Crippen LogP contribution in [0.3, 0.4) is 0 Å². The molecule has 0 spiro atoms. The van der Waals surface area contributed by atoms with Crippen molar-refractivity contribution in [3.63, 3.8) is 0 Å². The first-order valence-electron chi connectivity index (χ1n) is 4.41. The number of hydrogen-bond donors (Lipinski definition) is 0. The minimum Gasteiger partial charge on any atom is -0.146 e. The van der Waals surface area contributed by atoms with Crippen LogP contribution in [-0.2, 0) is 0 Å². The molecule has 0 aromatic heterocycles. The van der Waals surface area contributed by atoms with Gasteiger partial charge in [0.2, 0.25) is 0 Å². The summed E-state index contributed by atoms with van der Waals surface area (Å²) < 4.78 is 3.17. The molecule has 0 atom stereocenters. The third kappa shape index (κ3) is 8.77. The lowest BCUT2D eigenvalue weighted by Gasteiger charge is -1.93. The Labute approximate surface area is 69.1 Å². The second kappa shape index (κ2) is 8.77. The van der Waals surface area contributed by atoms with Gasteiger partial charge in [-0.1, -0.05) is 39.5 Å². The van der Waals surface area contributed by atoms with Gasteiger partial charge in [-0.2, -0.15) is 0 Å². The van der Waals surface area contributed by atoms with E-state index < -0.39 is 0 Å². The smallest absolute Gasteiger partial charge is 0.146 e. The maximum Gasteiger partial charge on any atom is 0.364 e. The second-order valence-corrected chi connectivity index (χ2v) is 4.89. The van der Waals surface area contributed by atoms with Gasteiger partial charge in [0.05, 0.1) is 0 Å². The highest BCUT2D eigenvalue weighted by atomic mass is 24.5. The maximum atomic E-state index is 2.30. The summed E-state index contributed by atoms with van der Waals surface area (Å²) in [6, 6.07) is 0. The van der Waals surface area contributed by atoms with Crippen molar-refractivity contribution in [1.82, 2.24) is 0 Å². The van der Waals surface area contributed by atoms with Gasteiger partial charge >= 0.3 is 20.4 Å². The standard InChI is InChI=1S/C5H11.C3H7.Mg/c1-3-5-4-2;1-3-2;/h1,3-5H2,2H3;1,3H2,2H3;. The molecule has 0 aliphatic heterocycles. The van der Waals surface area contributed by atoms with Crippen LogP contribution in [0, 0.1) is 0 Å². The van der Waals surface area contributed by atoms with Crippen molar-refractivity contribution >= 4 is 20.4 Å². The van der Waals surface area contributed by atoms with Crippen molar-refractivity contribution in [2.24, 2.45) is 0 Å². The van der Waals surface area contributed by atoms with Gasteiger partial charge in [0, 0.05) is 0 Å². The summed E-state index contributed by atoms with van der Waals surface area (Å²) in [7, 11) is 0. The van der Waals surface area contributed by atoms with Gasteiger partial charge in [-0.25, -0.2) is 0 Å². The van der Waals surface area contributed by atoms with Crippen LogP contribution < -0.4 is 0 Å². The van der Waals surface area contributed by atoms with Crippen LogP contribution in [0.15, 0.2) is 0 Å². The number of hydrogen-bond acceptors (Lipinski definition) is 0. The Kier molecular flexibility index (Phi) is 9.51. The summed E-state index contributed by atoms with van der Waals surface area (Å²) in [5.74, 6) is 0. The molecule has 52 valence electrons. The minimum atomic E-state index is 0.391. The van der Waals surface area contributed by atoms with Gasteiger partial charge < -0.3 is 0 Å². The molecule has 0 aliphatic carbocycles. The van der Waals surface area contributed by atoms with E-state index in [0.717, 1.165) is 0 Å². The summed E-state index contributed by atoms with van der Waals surface area (Å²) >= 11 is 0.391. The molecule has 0 fully saturated rings. The van der Waals surface area contributed by atoms with Crippen molar-refractivity contribution in [1.29, 1.82) is 0 Å². The Morgan fingerprint density at radius 3 is 2.22 bits per heavy atom. The number of rotatable bonds is 6. The summed E-state index contributed by atoms with van der Waals surface area (Å²) in [6.07, 6.45) is 5.80. The molecule has 0 amide bonds. The summed E-state index contributed by atoms with van der Waals surface area (Å²) in [5.41, 5.74) is 0. The van der Waals surface area contributed by atoms with E-state index in [9.17, 15) is 0 Å². The first-order valence-corrected chi connectivity index (χ1v) is 6.41. The van der Waals surface area contributed by atoms with E-state index in [1.807, 2.05) is 0 Å². The second-order valence-electron chi connectivity index (χ2n) is 2.77. The third-order valence-electron chi connectivity index (χ3n) is 1.71. The van der Waals surface area contributed by atoms with Crippen LogP contribution in [0.2, 0.25) is 9.10 Å². The van der Waals surface area contributed by atoms with Crippen LogP contribution in [-0.4, -0.2) is 20.4 Å². The van der Waals surface area contributed by atoms with E-state index in [1.54, 1.807) is 9.10 Å². The van der Waals surface area contributed by atoms with Gasteiger partial charge in [-0.15, -0.1) is 9.10 Å². The molecule has 0 saturated heterocycles. The summed E-state index contributed by atoms with van der Waals surface area (Å²) in [5, 5.41) is 0. The lowest BCUT2D eigenvalue weighted by atomic mass is 10.3. The van der Waals surface area contributed by atoms with E-state index in [1.165, 1.54) is 25.7 Å². The van der Waals surface area contributed by atoms with Crippen molar-refractivity contribution < 1.29 is 0 Å². The molecule has 9 heavy (non-hydrogen) atoms. The molecular formula is C8H18Mg. The highest BCUT2D eigenvalue weighted by Crippen LogP contribution is 2.00. The van der Waals surface area contributed by atoms with E-state index in [2.05, 4.69) is 13.8 Å². The maximum absolute atomic E-state index is 2.30. The highest BCUT2D eigenvalue weighted by Gasteiger charge is 1.91. The Bertz CT molecular complexity index is 37.8. The van der Waals surface area contributed by atoms with Gasteiger partial charge in [0.1, 0.15) is 0 Å². The van der Waals surface area contributed by atoms with Crippen molar-refractivity contribution in [3.8, 4) is 0 Å². The lowest BCUT2D eigenvalue weighted by molar-refractivity contribution is 0.767. The SMILES string of the molecule is CCCC[CH2][Mg][CH2]CC. The number of unbranched alkanes of at least 4 members (excludes halogenated alkanes) is 2. The molecule has 0 heterocycles. The van der Waals surface area contributed by atoms with Crippen molar-refractivity contribution in [2.75, 3.05) is 0 Å². The van der Waals surface area contributed by atoms with Crippen LogP contribution >= 0.6 is 0 Å². The van der Waals surface area contributed by atoms with E-state index in [4.69, 9.17) is 0 Å². The fourth-order valence-electron chi connectivity index (χ4n) is 1.03. The minimum absolute atomic E-state index is 0.391. The van der Waals surface area contributed by atoms with E-state index in [0.29, 0.717) is 20.4 Å².